The van der Waals surface area contributed by atoms with Gasteiger partial charge in [-0.2, -0.15) is 0 Å². The molecule has 4 rings (SSSR count). The number of rotatable bonds is 8. The van der Waals surface area contributed by atoms with Crippen LogP contribution in [-0.4, -0.2) is 25.9 Å². The number of hydrogen-bond donors (Lipinski definition) is 1. The number of aromatic nitrogens is 3. The standard InChI is InChI=1S/C25H28N4O3S/c1-17(23(30)26-15-20-7-5-13-31-20)33-24-28-27-22(29(24)16-21-8-6-14-32-21)18-9-11-19(12-10-18)25(2,3)4/h5-14,17H,15-16H2,1-4H3,(H,26,30)/t17-/m1/s1. The number of furan rings is 2. The van der Waals surface area contributed by atoms with E-state index >= 15 is 0 Å². The second-order valence-corrected chi connectivity index (χ2v) is 10.2. The van der Waals surface area contributed by atoms with Crippen molar-refractivity contribution in [3.8, 4) is 11.4 Å². The number of nitrogens with zero attached hydrogens (tertiary/aromatic N) is 3. The van der Waals surface area contributed by atoms with Gasteiger partial charge in [0.15, 0.2) is 11.0 Å². The summed E-state index contributed by atoms with van der Waals surface area (Å²) in [5, 5.41) is 12.1. The molecule has 4 aromatic rings. The van der Waals surface area contributed by atoms with Crippen LogP contribution in [0.2, 0.25) is 0 Å². The lowest BCUT2D eigenvalue weighted by Crippen LogP contribution is -2.30. The van der Waals surface area contributed by atoms with E-state index in [2.05, 4.69) is 60.6 Å². The Labute approximate surface area is 197 Å². The Bertz CT molecular complexity index is 1170. The molecule has 0 unspecified atom stereocenters. The molecule has 0 aliphatic rings. The van der Waals surface area contributed by atoms with E-state index < -0.39 is 0 Å². The molecule has 0 fully saturated rings. The summed E-state index contributed by atoms with van der Waals surface area (Å²) in [7, 11) is 0. The van der Waals surface area contributed by atoms with E-state index in [1.54, 1.807) is 18.6 Å². The Morgan fingerprint density at radius 2 is 1.70 bits per heavy atom. The first kappa shape index (κ1) is 22.9. The third-order valence-corrected chi connectivity index (χ3v) is 6.37. The van der Waals surface area contributed by atoms with Crippen molar-refractivity contribution >= 4 is 17.7 Å². The van der Waals surface area contributed by atoms with Crippen molar-refractivity contribution in [2.75, 3.05) is 0 Å². The van der Waals surface area contributed by atoms with Crippen LogP contribution in [0.1, 0.15) is 44.8 Å². The van der Waals surface area contributed by atoms with Gasteiger partial charge in [-0.1, -0.05) is 56.8 Å². The zero-order valence-corrected chi connectivity index (χ0v) is 20.1. The number of amides is 1. The Kier molecular flexibility index (Phi) is 6.74. The van der Waals surface area contributed by atoms with Gasteiger partial charge in [0.25, 0.3) is 0 Å². The Balaban J connectivity index is 1.56. The molecule has 33 heavy (non-hydrogen) atoms. The fourth-order valence-corrected chi connectivity index (χ4v) is 4.23. The summed E-state index contributed by atoms with van der Waals surface area (Å²) in [5.41, 5.74) is 2.28. The number of nitrogens with one attached hydrogen (secondary N) is 1. The third-order valence-electron chi connectivity index (χ3n) is 5.29. The molecule has 0 bridgehead atoms. The molecule has 0 spiro atoms. The van der Waals surface area contributed by atoms with Crippen molar-refractivity contribution in [3.05, 3.63) is 78.1 Å². The van der Waals surface area contributed by atoms with Crippen molar-refractivity contribution in [1.82, 2.24) is 20.1 Å². The van der Waals surface area contributed by atoms with E-state index in [9.17, 15) is 4.79 Å². The van der Waals surface area contributed by atoms with Crippen molar-refractivity contribution < 1.29 is 13.6 Å². The smallest absolute Gasteiger partial charge is 0.233 e. The van der Waals surface area contributed by atoms with E-state index in [0.717, 1.165) is 17.1 Å². The number of thioether (sulfide) groups is 1. The van der Waals surface area contributed by atoms with Crippen LogP contribution >= 0.6 is 11.8 Å². The Morgan fingerprint density at radius 3 is 2.30 bits per heavy atom. The maximum Gasteiger partial charge on any atom is 0.233 e. The van der Waals surface area contributed by atoms with Crippen molar-refractivity contribution in [3.63, 3.8) is 0 Å². The van der Waals surface area contributed by atoms with E-state index in [1.807, 2.05) is 29.7 Å². The van der Waals surface area contributed by atoms with Gasteiger partial charge in [-0.05, 0) is 42.2 Å². The summed E-state index contributed by atoms with van der Waals surface area (Å²) in [4.78, 5) is 12.6. The minimum atomic E-state index is -0.365. The molecule has 1 amide bonds. The molecule has 172 valence electrons. The molecule has 0 saturated heterocycles. The van der Waals surface area contributed by atoms with Crippen LogP contribution in [0.3, 0.4) is 0 Å². The Hall–Kier alpha value is -3.26. The number of hydrogen-bond acceptors (Lipinski definition) is 6. The quantitative estimate of drug-likeness (QED) is 0.357. The first-order valence-corrected chi connectivity index (χ1v) is 11.7. The van der Waals surface area contributed by atoms with Crippen LogP contribution in [0, 0.1) is 0 Å². The molecule has 0 saturated carbocycles. The number of carbonyl (C=O) groups is 1. The summed E-state index contributed by atoms with van der Waals surface area (Å²) >= 11 is 1.37. The van der Waals surface area contributed by atoms with Gasteiger partial charge >= 0.3 is 0 Å². The summed E-state index contributed by atoms with van der Waals surface area (Å²) < 4.78 is 12.8. The van der Waals surface area contributed by atoms with Crippen molar-refractivity contribution in [2.24, 2.45) is 0 Å². The van der Waals surface area contributed by atoms with Gasteiger partial charge in [0.1, 0.15) is 11.5 Å². The van der Waals surface area contributed by atoms with Crippen LogP contribution in [0.25, 0.3) is 11.4 Å². The van der Waals surface area contributed by atoms with Gasteiger partial charge in [-0.25, -0.2) is 0 Å². The molecule has 1 N–H and O–H groups in total. The zero-order valence-electron chi connectivity index (χ0n) is 19.2. The molecule has 3 heterocycles. The first-order valence-electron chi connectivity index (χ1n) is 10.8. The fraction of sp³-hybridized carbons (Fsp3) is 0.320. The van der Waals surface area contributed by atoms with E-state index in [4.69, 9.17) is 8.83 Å². The van der Waals surface area contributed by atoms with Crippen LogP contribution < -0.4 is 5.32 Å². The van der Waals surface area contributed by atoms with Crippen LogP contribution in [0.4, 0.5) is 0 Å². The molecule has 8 heteroatoms. The second kappa shape index (κ2) is 9.70. The number of benzene rings is 1. The molecule has 7 nitrogen and oxygen atoms in total. The highest BCUT2D eigenvalue weighted by molar-refractivity contribution is 8.00. The maximum atomic E-state index is 12.6. The van der Waals surface area contributed by atoms with Gasteiger partial charge in [0.2, 0.25) is 5.91 Å². The average Bonchev–Trinajstić information content (AvgIpc) is 3.55. The molecule has 0 aliphatic heterocycles. The summed E-state index contributed by atoms with van der Waals surface area (Å²) in [6.45, 7) is 9.24. The second-order valence-electron chi connectivity index (χ2n) is 8.86. The highest BCUT2D eigenvalue weighted by atomic mass is 32.2. The normalized spacial score (nSPS) is 12.6. The average molecular weight is 465 g/mol. The lowest BCUT2D eigenvalue weighted by molar-refractivity contribution is -0.120. The van der Waals surface area contributed by atoms with Gasteiger partial charge in [0.05, 0.1) is 30.9 Å². The van der Waals surface area contributed by atoms with E-state index in [-0.39, 0.29) is 16.6 Å². The first-order chi connectivity index (χ1) is 15.8. The van der Waals surface area contributed by atoms with Crippen LogP contribution in [0.5, 0.6) is 0 Å². The summed E-state index contributed by atoms with van der Waals surface area (Å²) in [5.74, 6) is 2.14. The van der Waals surface area contributed by atoms with Gasteiger partial charge in [-0.3, -0.25) is 9.36 Å². The van der Waals surface area contributed by atoms with Crippen LogP contribution in [0.15, 0.2) is 75.0 Å². The van der Waals surface area contributed by atoms with Crippen LogP contribution in [-0.2, 0) is 23.3 Å². The fourth-order valence-electron chi connectivity index (χ4n) is 3.35. The minimum absolute atomic E-state index is 0.0693. The van der Waals surface area contributed by atoms with E-state index in [0.29, 0.717) is 24.0 Å². The highest BCUT2D eigenvalue weighted by Gasteiger charge is 2.22. The van der Waals surface area contributed by atoms with Crippen molar-refractivity contribution in [2.45, 2.75) is 56.6 Å². The summed E-state index contributed by atoms with van der Waals surface area (Å²) in [6, 6.07) is 15.8. The van der Waals surface area contributed by atoms with Gasteiger partial charge in [0, 0.05) is 5.56 Å². The predicted octanol–water partition coefficient (Wildman–Crippen LogP) is 5.27. The molecule has 1 aromatic carbocycles. The maximum absolute atomic E-state index is 12.6. The highest BCUT2D eigenvalue weighted by Crippen LogP contribution is 2.30. The lowest BCUT2D eigenvalue weighted by Gasteiger charge is -2.19. The largest absolute Gasteiger partial charge is 0.467 e. The van der Waals surface area contributed by atoms with E-state index in [1.165, 1.54) is 17.3 Å². The topological polar surface area (TPSA) is 86.1 Å². The van der Waals surface area contributed by atoms with Gasteiger partial charge in [-0.15, -0.1) is 10.2 Å². The Morgan fingerprint density at radius 1 is 1.03 bits per heavy atom. The summed E-state index contributed by atoms with van der Waals surface area (Å²) in [6.07, 6.45) is 3.24. The van der Waals surface area contributed by atoms with Crippen molar-refractivity contribution in [1.29, 1.82) is 0 Å². The lowest BCUT2D eigenvalue weighted by atomic mass is 9.87. The molecule has 3 aromatic heterocycles. The molecule has 0 aliphatic carbocycles. The van der Waals surface area contributed by atoms with Gasteiger partial charge < -0.3 is 14.2 Å². The molecule has 1 atom stereocenters. The number of carbonyl (C=O) groups excluding carboxylic acids is 1. The SMILES string of the molecule is C[C@@H](Sc1nnc(-c2ccc(C(C)(C)C)cc2)n1Cc1ccco1)C(=O)NCc1ccco1. The minimum Gasteiger partial charge on any atom is -0.467 e. The molecular weight excluding hydrogens is 436 g/mol. The monoisotopic (exact) mass is 464 g/mol. The zero-order chi connectivity index (χ0) is 23.4. The molecular formula is C25H28N4O3S. The molecule has 0 radical (unpaired) electrons. The third kappa shape index (κ3) is 5.57. The predicted molar refractivity (Wildman–Crippen MR) is 128 cm³/mol.